The quantitative estimate of drug-likeness (QED) is 0.0835. The van der Waals surface area contributed by atoms with Crippen molar-refractivity contribution < 1.29 is 13.7 Å². The van der Waals surface area contributed by atoms with Crippen LogP contribution in [0.25, 0.3) is 0 Å². The Kier molecular flexibility index (Phi) is 10.9. The maximum Gasteiger partial charge on any atom is 0.343 e. The van der Waals surface area contributed by atoms with Crippen LogP contribution in [0.3, 0.4) is 0 Å². The summed E-state index contributed by atoms with van der Waals surface area (Å²) in [5, 5.41) is 0. The molecule has 4 heteroatoms. The molecule has 0 unspecified atom stereocenters. The van der Waals surface area contributed by atoms with Crippen molar-refractivity contribution in [2.24, 2.45) is 0 Å². The first kappa shape index (κ1) is 30.9. The average Bonchev–Trinajstić information content (AvgIpc) is 3.06. The molecule has 4 aliphatic carbocycles. The van der Waals surface area contributed by atoms with Gasteiger partial charge in [0.2, 0.25) is 0 Å². The number of rotatable bonds is 7. The number of allylic oxidation sites excluding steroid dienone is 6. The Labute approximate surface area is 255 Å². The molecule has 7 rings (SSSR count). The smallest absolute Gasteiger partial charge is 0.343 e. The Bertz CT molecular complexity index is 1510. The second kappa shape index (κ2) is 14.7. The molecule has 0 fully saturated rings. The highest BCUT2D eigenvalue weighted by atomic mass is 32.2. The van der Waals surface area contributed by atoms with E-state index in [0.717, 1.165) is 34.6 Å². The zero-order valence-electron chi connectivity index (χ0n) is 25.2. The summed E-state index contributed by atoms with van der Waals surface area (Å²) in [6, 6.07) is 21.0. The molecule has 216 valence electrons. The minimum Gasteiger partial charge on any atom is -0.423 e. The molecule has 42 heavy (non-hydrogen) atoms. The molecule has 3 nitrogen and oxygen atoms in total. The van der Waals surface area contributed by atoms with E-state index in [1.54, 1.807) is 6.08 Å². The van der Waals surface area contributed by atoms with Gasteiger partial charge in [-0.15, -0.1) is 0 Å². The van der Waals surface area contributed by atoms with E-state index in [0.29, 0.717) is 11.3 Å². The molecule has 2 bridgehead atoms. The molecule has 0 N–H and O–H groups in total. The maximum atomic E-state index is 13.2. The van der Waals surface area contributed by atoms with Gasteiger partial charge < -0.3 is 8.92 Å². The number of hydrogen-bond donors (Lipinski definition) is 0. The van der Waals surface area contributed by atoms with E-state index in [1.807, 2.05) is 83.2 Å². The highest BCUT2D eigenvalue weighted by Gasteiger charge is 2.45. The van der Waals surface area contributed by atoms with Crippen LogP contribution in [0.4, 0.5) is 0 Å². The molecule has 0 saturated heterocycles. The lowest BCUT2D eigenvalue weighted by Crippen LogP contribution is -2.29. The van der Waals surface area contributed by atoms with Gasteiger partial charge in [0, 0.05) is 27.9 Å². The van der Waals surface area contributed by atoms with Gasteiger partial charge >= 0.3 is 5.97 Å². The number of esters is 1. The van der Waals surface area contributed by atoms with Crippen LogP contribution >= 0.6 is 12.0 Å². The zero-order chi connectivity index (χ0) is 30.1. The molecule has 0 aliphatic heterocycles. The van der Waals surface area contributed by atoms with Crippen molar-refractivity contribution in [1.82, 2.24) is 0 Å². The van der Waals surface area contributed by atoms with Gasteiger partial charge in [0.1, 0.15) is 11.5 Å². The predicted octanol–water partition coefficient (Wildman–Crippen LogP) is 10.6. The number of carbonyl (C=O) groups is 1. The minimum atomic E-state index is -0.321. The highest BCUT2D eigenvalue weighted by molar-refractivity contribution is 7.99. The summed E-state index contributed by atoms with van der Waals surface area (Å²) in [6.45, 7) is 13.8. The van der Waals surface area contributed by atoms with E-state index >= 15 is 0 Å². The first-order chi connectivity index (χ1) is 20.7. The number of ether oxygens (including phenoxy) is 1. The Morgan fingerprint density at radius 3 is 1.88 bits per heavy atom. The van der Waals surface area contributed by atoms with Crippen LogP contribution in [0.1, 0.15) is 92.7 Å². The van der Waals surface area contributed by atoms with E-state index < -0.39 is 0 Å². The SMILES string of the molecule is C=C/C=C(\C=C/C)SOc1ccc(OC(=O)C2=CCCC=C2)c2c1C1c3ccccc3C2c2ccccc21.CC.CC. The molecule has 0 heterocycles. The standard InChI is InChI=1S/C34H28O3S.2C2H6/c1-3-12-23(13-4-2)38-37-29-21-20-28(36-34(35)22-14-6-5-7-15-22)32-30-24-16-8-10-18-26(24)31(33(29)32)27-19-11-9-17-25(27)30;2*1-2/h3-4,6,8-21,30-31H,1,5,7H2,2H3;2*1-2H3/b13-4-,23-12+;;. The molecule has 0 radical (unpaired) electrons. The van der Waals surface area contributed by atoms with Crippen molar-refractivity contribution in [2.75, 3.05) is 0 Å². The topological polar surface area (TPSA) is 35.5 Å². The van der Waals surface area contributed by atoms with Crippen molar-refractivity contribution in [3.8, 4) is 11.5 Å². The summed E-state index contributed by atoms with van der Waals surface area (Å²) in [6.07, 6.45) is 15.3. The summed E-state index contributed by atoms with van der Waals surface area (Å²) >= 11 is 1.31. The van der Waals surface area contributed by atoms with Gasteiger partial charge in [0.05, 0.1) is 17.6 Å². The molecule has 0 spiro atoms. The zero-order valence-corrected chi connectivity index (χ0v) is 26.0. The van der Waals surface area contributed by atoms with Crippen LogP contribution in [0.5, 0.6) is 11.5 Å². The van der Waals surface area contributed by atoms with Gasteiger partial charge in [-0.1, -0.05) is 113 Å². The molecule has 0 amide bonds. The van der Waals surface area contributed by atoms with Gasteiger partial charge in [0.25, 0.3) is 0 Å². The van der Waals surface area contributed by atoms with Crippen LogP contribution in [0, 0.1) is 0 Å². The molecule has 3 aromatic carbocycles. The highest BCUT2D eigenvalue weighted by Crippen LogP contribution is 2.60. The summed E-state index contributed by atoms with van der Waals surface area (Å²) in [7, 11) is 0. The second-order valence-corrected chi connectivity index (χ2v) is 10.3. The van der Waals surface area contributed by atoms with Gasteiger partial charge in [-0.3, -0.25) is 0 Å². The van der Waals surface area contributed by atoms with Gasteiger partial charge in [0.15, 0.2) is 0 Å². The van der Waals surface area contributed by atoms with Crippen LogP contribution in [-0.2, 0) is 4.79 Å². The Balaban J connectivity index is 0.000000972. The monoisotopic (exact) mass is 576 g/mol. The number of carbonyl (C=O) groups excluding carboxylic acids is 1. The molecule has 0 saturated carbocycles. The third-order valence-corrected chi connectivity index (χ3v) is 8.02. The third-order valence-electron chi connectivity index (χ3n) is 7.29. The summed E-state index contributed by atoms with van der Waals surface area (Å²) in [5.41, 5.74) is 7.74. The summed E-state index contributed by atoms with van der Waals surface area (Å²) < 4.78 is 12.6. The minimum absolute atomic E-state index is 0.0148. The lowest BCUT2D eigenvalue weighted by Gasteiger charge is -2.43. The fourth-order valence-electron chi connectivity index (χ4n) is 5.79. The van der Waals surface area contributed by atoms with Crippen molar-refractivity contribution >= 4 is 18.0 Å². The van der Waals surface area contributed by atoms with Gasteiger partial charge in [-0.2, -0.15) is 0 Å². The van der Waals surface area contributed by atoms with E-state index in [4.69, 9.17) is 8.92 Å². The fraction of sp³-hybridized carbons (Fsp3) is 0.237. The van der Waals surface area contributed by atoms with Crippen LogP contribution < -0.4 is 8.92 Å². The van der Waals surface area contributed by atoms with Crippen LogP contribution in [-0.4, -0.2) is 5.97 Å². The van der Waals surface area contributed by atoms with Crippen molar-refractivity contribution in [3.05, 3.63) is 154 Å². The maximum absolute atomic E-state index is 13.2. The molecule has 4 aliphatic rings. The van der Waals surface area contributed by atoms with E-state index in [1.165, 1.54) is 34.3 Å². The van der Waals surface area contributed by atoms with Gasteiger partial charge in [-0.05, 0) is 66.3 Å². The fourth-order valence-corrected chi connectivity index (χ4v) is 6.47. The molecule has 0 aromatic heterocycles. The van der Waals surface area contributed by atoms with Gasteiger partial charge in [-0.25, -0.2) is 4.79 Å². The second-order valence-electron chi connectivity index (χ2n) is 9.51. The lowest BCUT2D eigenvalue weighted by atomic mass is 9.60. The molecular weight excluding hydrogens is 536 g/mol. The predicted molar refractivity (Wildman–Crippen MR) is 177 cm³/mol. The van der Waals surface area contributed by atoms with Crippen LogP contribution in [0.15, 0.2) is 120 Å². The third kappa shape index (κ3) is 5.96. The first-order valence-corrected chi connectivity index (χ1v) is 15.7. The Hall–Kier alpha value is -4.02. The average molecular weight is 577 g/mol. The molecule has 0 atom stereocenters. The summed E-state index contributed by atoms with van der Waals surface area (Å²) in [4.78, 5) is 14.1. The largest absolute Gasteiger partial charge is 0.423 e. The summed E-state index contributed by atoms with van der Waals surface area (Å²) in [5.74, 6) is 0.988. The number of hydrogen-bond acceptors (Lipinski definition) is 4. The van der Waals surface area contributed by atoms with E-state index in [-0.39, 0.29) is 17.8 Å². The van der Waals surface area contributed by atoms with Crippen molar-refractivity contribution in [1.29, 1.82) is 0 Å². The molecular formula is C38H40O3S. The number of benzene rings is 3. The van der Waals surface area contributed by atoms with Crippen LogP contribution in [0.2, 0.25) is 0 Å². The lowest BCUT2D eigenvalue weighted by molar-refractivity contribution is -0.129. The Morgan fingerprint density at radius 2 is 1.38 bits per heavy atom. The van der Waals surface area contributed by atoms with E-state index in [9.17, 15) is 4.79 Å². The van der Waals surface area contributed by atoms with Crippen molar-refractivity contribution in [2.45, 2.75) is 59.3 Å². The molecule has 3 aromatic rings. The normalized spacial score (nSPS) is 17.4. The first-order valence-electron chi connectivity index (χ1n) is 14.9. The van der Waals surface area contributed by atoms with E-state index in [2.05, 4.69) is 55.1 Å². The Morgan fingerprint density at radius 1 is 0.833 bits per heavy atom. The van der Waals surface area contributed by atoms with Crippen molar-refractivity contribution in [3.63, 3.8) is 0 Å².